The number of rotatable bonds is 6. The molecule has 1 heterocycles. The summed E-state index contributed by atoms with van der Waals surface area (Å²) in [5, 5.41) is 2.83. The zero-order valence-corrected chi connectivity index (χ0v) is 16.4. The Morgan fingerprint density at radius 3 is 2.41 bits per heavy atom. The molecule has 0 aliphatic heterocycles. The lowest BCUT2D eigenvalue weighted by molar-refractivity contribution is -0.118. The maximum atomic E-state index is 12.2. The zero-order chi connectivity index (χ0) is 20.2. The number of para-hydroxylation sites is 2. The standard InChI is InChI=1S/C24H22N2O3/c1-16(2)17-9-13-20(14-10-17)28-15-23(27)25-19-11-7-18(8-12-19)24-26-21-5-3-4-6-22(21)29-24/h3-14,16H,15H2,1-2H3,(H,25,27). The first kappa shape index (κ1) is 18.7. The fourth-order valence-electron chi connectivity index (χ4n) is 2.99. The van der Waals surface area contributed by atoms with Crippen molar-refractivity contribution in [3.8, 4) is 17.2 Å². The van der Waals surface area contributed by atoms with Crippen LogP contribution in [0, 0.1) is 0 Å². The van der Waals surface area contributed by atoms with Crippen LogP contribution >= 0.6 is 0 Å². The molecule has 5 nitrogen and oxygen atoms in total. The number of hydrogen-bond acceptors (Lipinski definition) is 4. The van der Waals surface area contributed by atoms with Crippen molar-refractivity contribution in [3.63, 3.8) is 0 Å². The molecule has 4 aromatic rings. The Morgan fingerprint density at radius 2 is 1.72 bits per heavy atom. The molecule has 0 atom stereocenters. The molecule has 0 radical (unpaired) electrons. The molecule has 3 aromatic carbocycles. The van der Waals surface area contributed by atoms with Crippen LogP contribution in [-0.4, -0.2) is 17.5 Å². The Balaban J connectivity index is 1.35. The van der Waals surface area contributed by atoms with E-state index in [1.807, 2.05) is 72.8 Å². The molecular formula is C24H22N2O3. The maximum Gasteiger partial charge on any atom is 0.262 e. The van der Waals surface area contributed by atoms with Gasteiger partial charge in [-0.15, -0.1) is 0 Å². The predicted octanol–water partition coefficient (Wildman–Crippen LogP) is 5.64. The minimum Gasteiger partial charge on any atom is -0.484 e. The summed E-state index contributed by atoms with van der Waals surface area (Å²) >= 11 is 0. The number of amides is 1. The summed E-state index contributed by atoms with van der Waals surface area (Å²) in [5.74, 6) is 1.48. The van der Waals surface area contributed by atoms with Crippen LogP contribution in [0.3, 0.4) is 0 Å². The molecule has 29 heavy (non-hydrogen) atoms. The predicted molar refractivity (Wildman–Crippen MR) is 114 cm³/mol. The van der Waals surface area contributed by atoms with Gasteiger partial charge in [0, 0.05) is 11.3 Å². The highest BCUT2D eigenvalue weighted by atomic mass is 16.5. The second-order valence-electron chi connectivity index (χ2n) is 7.12. The van der Waals surface area contributed by atoms with Crippen molar-refractivity contribution in [3.05, 3.63) is 78.4 Å². The van der Waals surface area contributed by atoms with Gasteiger partial charge >= 0.3 is 0 Å². The zero-order valence-electron chi connectivity index (χ0n) is 16.4. The fraction of sp³-hybridized carbons (Fsp3) is 0.167. The summed E-state index contributed by atoms with van der Waals surface area (Å²) < 4.78 is 11.3. The molecule has 1 amide bonds. The number of benzene rings is 3. The molecule has 4 rings (SSSR count). The highest BCUT2D eigenvalue weighted by Gasteiger charge is 2.09. The van der Waals surface area contributed by atoms with Crippen molar-refractivity contribution < 1.29 is 13.9 Å². The molecule has 0 fully saturated rings. The van der Waals surface area contributed by atoms with Crippen LogP contribution in [0.15, 0.2) is 77.2 Å². The van der Waals surface area contributed by atoms with Gasteiger partial charge in [-0.2, -0.15) is 0 Å². The van der Waals surface area contributed by atoms with E-state index in [2.05, 4.69) is 24.1 Å². The van der Waals surface area contributed by atoms with Crippen LogP contribution in [0.2, 0.25) is 0 Å². The van der Waals surface area contributed by atoms with Gasteiger partial charge in [-0.05, 0) is 60.0 Å². The highest BCUT2D eigenvalue weighted by molar-refractivity contribution is 5.92. The molecule has 0 bridgehead atoms. The van der Waals surface area contributed by atoms with Crippen molar-refractivity contribution in [2.24, 2.45) is 0 Å². The van der Waals surface area contributed by atoms with E-state index in [1.54, 1.807) is 0 Å². The number of fused-ring (bicyclic) bond motifs is 1. The van der Waals surface area contributed by atoms with Gasteiger partial charge in [-0.3, -0.25) is 4.79 Å². The Morgan fingerprint density at radius 1 is 1.00 bits per heavy atom. The van der Waals surface area contributed by atoms with Gasteiger partial charge in [0.1, 0.15) is 11.3 Å². The molecule has 0 saturated heterocycles. The minimum absolute atomic E-state index is 0.0477. The molecule has 0 spiro atoms. The van der Waals surface area contributed by atoms with E-state index >= 15 is 0 Å². The first-order valence-corrected chi connectivity index (χ1v) is 9.57. The summed E-state index contributed by atoms with van der Waals surface area (Å²) in [6.45, 7) is 4.23. The Kier molecular flexibility index (Phi) is 5.29. The van der Waals surface area contributed by atoms with Gasteiger partial charge in [-0.1, -0.05) is 38.1 Å². The Bertz CT molecular complexity index is 1080. The smallest absolute Gasteiger partial charge is 0.262 e. The quantitative estimate of drug-likeness (QED) is 0.466. The number of nitrogens with zero attached hydrogens (tertiary/aromatic N) is 1. The van der Waals surface area contributed by atoms with Crippen molar-refractivity contribution >= 4 is 22.7 Å². The lowest BCUT2D eigenvalue weighted by atomic mass is 10.0. The van der Waals surface area contributed by atoms with Gasteiger partial charge in [0.05, 0.1) is 0 Å². The van der Waals surface area contributed by atoms with E-state index in [9.17, 15) is 4.79 Å². The molecule has 146 valence electrons. The van der Waals surface area contributed by atoms with Gasteiger partial charge < -0.3 is 14.5 Å². The van der Waals surface area contributed by atoms with Crippen LogP contribution in [0.1, 0.15) is 25.3 Å². The molecule has 5 heteroatoms. The number of carbonyl (C=O) groups is 1. The number of aromatic nitrogens is 1. The van der Waals surface area contributed by atoms with Gasteiger partial charge in [-0.25, -0.2) is 4.98 Å². The second-order valence-corrected chi connectivity index (χ2v) is 7.12. The van der Waals surface area contributed by atoms with Gasteiger partial charge in [0.15, 0.2) is 12.2 Å². The van der Waals surface area contributed by atoms with E-state index in [0.717, 1.165) is 16.7 Å². The Hall–Kier alpha value is -3.60. The van der Waals surface area contributed by atoms with Crippen molar-refractivity contribution in [1.29, 1.82) is 0 Å². The number of nitrogens with one attached hydrogen (secondary N) is 1. The monoisotopic (exact) mass is 386 g/mol. The SMILES string of the molecule is CC(C)c1ccc(OCC(=O)Nc2ccc(-c3nc4ccccc4o3)cc2)cc1. The molecule has 1 N–H and O–H groups in total. The number of oxazole rings is 1. The number of carbonyl (C=O) groups excluding carboxylic acids is 1. The summed E-state index contributed by atoms with van der Waals surface area (Å²) in [5.41, 5.74) is 4.34. The van der Waals surface area contributed by atoms with Crippen LogP contribution in [-0.2, 0) is 4.79 Å². The second kappa shape index (κ2) is 8.19. The topological polar surface area (TPSA) is 64.4 Å². The number of hydrogen-bond donors (Lipinski definition) is 1. The van der Waals surface area contributed by atoms with Crippen LogP contribution in [0.5, 0.6) is 5.75 Å². The van der Waals surface area contributed by atoms with E-state index in [4.69, 9.17) is 9.15 Å². The van der Waals surface area contributed by atoms with Gasteiger partial charge in [0.25, 0.3) is 5.91 Å². The average Bonchev–Trinajstić information content (AvgIpc) is 3.17. The fourth-order valence-corrected chi connectivity index (χ4v) is 2.99. The molecule has 0 aliphatic carbocycles. The summed E-state index contributed by atoms with van der Waals surface area (Å²) in [6, 6.07) is 22.8. The van der Waals surface area contributed by atoms with E-state index in [0.29, 0.717) is 23.2 Å². The Labute approximate surface area is 169 Å². The third-order valence-corrected chi connectivity index (χ3v) is 4.63. The molecule has 0 unspecified atom stereocenters. The highest BCUT2D eigenvalue weighted by Crippen LogP contribution is 2.25. The summed E-state index contributed by atoms with van der Waals surface area (Å²) in [6.07, 6.45) is 0. The lowest BCUT2D eigenvalue weighted by Crippen LogP contribution is -2.20. The van der Waals surface area contributed by atoms with Crippen LogP contribution in [0.4, 0.5) is 5.69 Å². The molecule has 1 aromatic heterocycles. The molecular weight excluding hydrogens is 364 g/mol. The number of anilines is 1. The van der Waals surface area contributed by atoms with Crippen LogP contribution < -0.4 is 10.1 Å². The van der Waals surface area contributed by atoms with E-state index < -0.39 is 0 Å². The third kappa shape index (κ3) is 4.46. The average molecular weight is 386 g/mol. The van der Waals surface area contributed by atoms with Crippen LogP contribution in [0.25, 0.3) is 22.6 Å². The normalized spacial score (nSPS) is 11.0. The number of ether oxygens (including phenoxy) is 1. The minimum atomic E-state index is -0.215. The van der Waals surface area contributed by atoms with Crippen molar-refractivity contribution in [1.82, 2.24) is 4.98 Å². The first-order valence-electron chi connectivity index (χ1n) is 9.57. The van der Waals surface area contributed by atoms with Crippen molar-refractivity contribution in [2.75, 3.05) is 11.9 Å². The van der Waals surface area contributed by atoms with Crippen molar-refractivity contribution in [2.45, 2.75) is 19.8 Å². The first-order chi connectivity index (χ1) is 14.1. The van der Waals surface area contributed by atoms with Gasteiger partial charge in [0.2, 0.25) is 5.89 Å². The molecule has 0 aliphatic rings. The summed E-state index contributed by atoms with van der Waals surface area (Å²) in [4.78, 5) is 16.6. The lowest BCUT2D eigenvalue weighted by Gasteiger charge is -2.09. The maximum absolute atomic E-state index is 12.2. The van der Waals surface area contributed by atoms with E-state index in [1.165, 1.54) is 5.56 Å². The largest absolute Gasteiger partial charge is 0.484 e. The van der Waals surface area contributed by atoms with E-state index in [-0.39, 0.29) is 12.5 Å². The summed E-state index contributed by atoms with van der Waals surface area (Å²) in [7, 11) is 0. The molecule has 0 saturated carbocycles. The third-order valence-electron chi connectivity index (χ3n) is 4.63.